The largest absolute Gasteiger partial charge is 0.391 e. The molecule has 3 aromatic heterocycles. The standard InChI is InChI=1S/C24H24N4O2S/c1-28-11-9-19-22(28)17(13-15-5-7-16(8-6-15)24-25-10-12-31-24)14-20(26-19)23(30)27-18-3-2-4-21(18)29/h5-12,14,18,21,29H,2-4,13H2,1H3,(H,27,30)/t18-,21-/m0/s1. The van der Waals surface area contributed by atoms with Crippen LogP contribution in [0.3, 0.4) is 0 Å². The number of pyridine rings is 1. The minimum absolute atomic E-state index is 0.192. The fourth-order valence-corrected chi connectivity index (χ4v) is 4.99. The fraction of sp³-hybridized carbons (Fsp3) is 0.292. The molecule has 158 valence electrons. The van der Waals surface area contributed by atoms with Crippen molar-refractivity contribution >= 4 is 28.3 Å². The minimum Gasteiger partial charge on any atom is -0.391 e. The maximum Gasteiger partial charge on any atom is 0.270 e. The summed E-state index contributed by atoms with van der Waals surface area (Å²) in [6.45, 7) is 0. The number of aromatic nitrogens is 3. The SMILES string of the molecule is Cn1ccc2nc(C(=O)N[C@H]3CCC[C@@H]3O)cc(Cc3ccc(-c4nccs4)cc3)c21. The predicted molar refractivity (Wildman–Crippen MR) is 122 cm³/mol. The van der Waals surface area contributed by atoms with E-state index in [0.717, 1.165) is 52.0 Å². The number of aliphatic hydroxyl groups is 1. The lowest BCUT2D eigenvalue weighted by molar-refractivity contribution is 0.0868. The molecule has 7 heteroatoms. The van der Waals surface area contributed by atoms with Gasteiger partial charge in [0, 0.05) is 30.4 Å². The summed E-state index contributed by atoms with van der Waals surface area (Å²) in [5.74, 6) is -0.225. The first kappa shape index (κ1) is 19.9. The number of nitrogens with zero attached hydrogens (tertiary/aromatic N) is 3. The van der Waals surface area contributed by atoms with Crippen LogP contribution in [0.5, 0.6) is 0 Å². The maximum absolute atomic E-state index is 12.9. The molecule has 0 radical (unpaired) electrons. The smallest absolute Gasteiger partial charge is 0.270 e. The Balaban J connectivity index is 1.44. The van der Waals surface area contributed by atoms with Crippen molar-refractivity contribution in [2.75, 3.05) is 0 Å². The predicted octanol–water partition coefficient (Wildman–Crippen LogP) is 3.93. The van der Waals surface area contributed by atoms with E-state index in [0.29, 0.717) is 12.1 Å². The highest BCUT2D eigenvalue weighted by Crippen LogP contribution is 2.26. The van der Waals surface area contributed by atoms with E-state index in [1.54, 1.807) is 11.3 Å². The van der Waals surface area contributed by atoms with E-state index in [4.69, 9.17) is 0 Å². The van der Waals surface area contributed by atoms with Crippen LogP contribution in [-0.2, 0) is 13.5 Å². The number of fused-ring (bicyclic) bond motifs is 1. The van der Waals surface area contributed by atoms with Crippen LogP contribution < -0.4 is 5.32 Å². The van der Waals surface area contributed by atoms with E-state index in [1.165, 1.54) is 0 Å². The van der Waals surface area contributed by atoms with Gasteiger partial charge in [-0.25, -0.2) is 9.97 Å². The number of carbonyl (C=O) groups excluding carboxylic acids is 1. The van der Waals surface area contributed by atoms with E-state index in [1.807, 2.05) is 41.5 Å². The number of thiazole rings is 1. The molecule has 3 heterocycles. The van der Waals surface area contributed by atoms with Gasteiger partial charge in [-0.1, -0.05) is 24.3 Å². The van der Waals surface area contributed by atoms with Crippen LogP contribution >= 0.6 is 11.3 Å². The van der Waals surface area contributed by atoms with Crippen molar-refractivity contribution in [1.29, 1.82) is 0 Å². The van der Waals surface area contributed by atoms with Gasteiger partial charge in [-0.2, -0.15) is 0 Å². The molecule has 1 fully saturated rings. The van der Waals surface area contributed by atoms with Crippen molar-refractivity contribution in [3.63, 3.8) is 0 Å². The molecule has 0 bridgehead atoms. The van der Waals surface area contributed by atoms with Crippen LogP contribution in [-0.4, -0.2) is 37.7 Å². The van der Waals surface area contributed by atoms with Crippen molar-refractivity contribution < 1.29 is 9.90 Å². The quantitative estimate of drug-likeness (QED) is 0.501. The van der Waals surface area contributed by atoms with Gasteiger partial charge in [0.05, 0.1) is 23.2 Å². The molecule has 1 aromatic carbocycles. The summed E-state index contributed by atoms with van der Waals surface area (Å²) < 4.78 is 2.05. The number of aryl methyl sites for hydroxylation is 1. The van der Waals surface area contributed by atoms with Crippen molar-refractivity contribution in [2.24, 2.45) is 7.05 Å². The van der Waals surface area contributed by atoms with Gasteiger partial charge in [0.25, 0.3) is 5.91 Å². The van der Waals surface area contributed by atoms with Crippen LogP contribution in [0.25, 0.3) is 21.6 Å². The van der Waals surface area contributed by atoms with Gasteiger partial charge in [0.2, 0.25) is 0 Å². The normalized spacial score (nSPS) is 18.5. The average Bonchev–Trinajstić information content (AvgIpc) is 3.52. The Hall–Kier alpha value is -3.03. The third-order valence-corrected chi connectivity index (χ3v) is 6.79. The monoisotopic (exact) mass is 432 g/mol. The van der Waals surface area contributed by atoms with Crippen molar-refractivity contribution in [2.45, 2.75) is 37.8 Å². The number of rotatable bonds is 5. The average molecular weight is 433 g/mol. The molecular weight excluding hydrogens is 408 g/mol. The van der Waals surface area contributed by atoms with Crippen LogP contribution in [0.4, 0.5) is 0 Å². The number of hydrogen-bond acceptors (Lipinski definition) is 5. The summed E-state index contributed by atoms with van der Waals surface area (Å²) in [6.07, 6.45) is 6.47. The molecule has 5 rings (SSSR count). The van der Waals surface area contributed by atoms with E-state index in [9.17, 15) is 9.90 Å². The van der Waals surface area contributed by atoms with Gasteiger partial charge < -0.3 is 15.0 Å². The third-order valence-electron chi connectivity index (χ3n) is 5.96. The van der Waals surface area contributed by atoms with Crippen LogP contribution in [0.15, 0.2) is 54.2 Å². The summed E-state index contributed by atoms with van der Waals surface area (Å²) >= 11 is 1.62. The Morgan fingerprint density at radius 3 is 2.81 bits per heavy atom. The second kappa shape index (κ2) is 8.24. The number of amides is 1. The topological polar surface area (TPSA) is 80.0 Å². The summed E-state index contributed by atoms with van der Waals surface area (Å²) in [7, 11) is 1.99. The number of hydrogen-bond donors (Lipinski definition) is 2. The fourth-order valence-electron chi connectivity index (χ4n) is 4.35. The number of aliphatic hydroxyl groups excluding tert-OH is 1. The van der Waals surface area contributed by atoms with E-state index in [-0.39, 0.29) is 11.9 Å². The van der Waals surface area contributed by atoms with E-state index >= 15 is 0 Å². The third kappa shape index (κ3) is 3.98. The molecule has 0 spiro atoms. The van der Waals surface area contributed by atoms with Gasteiger partial charge in [-0.05, 0) is 48.9 Å². The summed E-state index contributed by atoms with van der Waals surface area (Å²) in [6, 6.07) is 12.0. The molecule has 2 atom stereocenters. The van der Waals surface area contributed by atoms with E-state index in [2.05, 4.69) is 39.6 Å². The molecule has 1 amide bonds. The van der Waals surface area contributed by atoms with Gasteiger partial charge in [-0.15, -0.1) is 11.3 Å². The van der Waals surface area contributed by atoms with Crippen LogP contribution in [0, 0.1) is 0 Å². The summed E-state index contributed by atoms with van der Waals surface area (Å²) in [4.78, 5) is 21.8. The lowest BCUT2D eigenvalue weighted by atomic mass is 10.0. The molecular formula is C24H24N4O2S. The lowest BCUT2D eigenvalue weighted by Crippen LogP contribution is -2.40. The molecule has 0 unspecified atom stereocenters. The van der Waals surface area contributed by atoms with Crippen molar-refractivity contribution in [1.82, 2.24) is 19.9 Å². The summed E-state index contributed by atoms with van der Waals surface area (Å²) in [5.41, 5.74) is 5.54. The Morgan fingerprint density at radius 2 is 2.10 bits per heavy atom. The zero-order valence-electron chi connectivity index (χ0n) is 17.3. The molecule has 2 N–H and O–H groups in total. The lowest BCUT2D eigenvalue weighted by Gasteiger charge is -2.16. The Morgan fingerprint density at radius 1 is 1.26 bits per heavy atom. The highest BCUT2D eigenvalue weighted by Gasteiger charge is 2.27. The second-order valence-corrected chi connectivity index (χ2v) is 9.01. The first-order chi connectivity index (χ1) is 15.1. The number of nitrogens with one attached hydrogen (secondary N) is 1. The molecule has 4 aromatic rings. The van der Waals surface area contributed by atoms with Gasteiger partial charge in [0.15, 0.2) is 0 Å². The first-order valence-electron chi connectivity index (χ1n) is 10.5. The molecule has 0 saturated heterocycles. The Labute approximate surface area is 184 Å². The highest BCUT2D eigenvalue weighted by atomic mass is 32.1. The molecule has 31 heavy (non-hydrogen) atoms. The molecule has 1 aliphatic carbocycles. The zero-order valence-corrected chi connectivity index (χ0v) is 18.1. The maximum atomic E-state index is 12.9. The Bertz CT molecular complexity index is 1210. The van der Waals surface area contributed by atoms with Crippen molar-refractivity contribution in [3.05, 3.63) is 71.0 Å². The second-order valence-electron chi connectivity index (χ2n) is 8.12. The van der Waals surface area contributed by atoms with Crippen LogP contribution in [0.2, 0.25) is 0 Å². The summed E-state index contributed by atoms with van der Waals surface area (Å²) in [5, 5.41) is 16.0. The number of benzene rings is 1. The Kier molecular flexibility index (Phi) is 5.29. The number of carbonyl (C=O) groups is 1. The molecule has 6 nitrogen and oxygen atoms in total. The van der Waals surface area contributed by atoms with Gasteiger partial charge >= 0.3 is 0 Å². The van der Waals surface area contributed by atoms with Crippen molar-refractivity contribution in [3.8, 4) is 10.6 Å². The molecule has 1 aliphatic rings. The highest BCUT2D eigenvalue weighted by molar-refractivity contribution is 7.13. The molecule has 0 aliphatic heterocycles. The zero-order chi connectivity index (χ0) is 21.4. The minimum atomic E-state index is -0.472. The van der Waals surface area contributed by atoms with Gasteiger partial charge in [0.1, 0.15) is 10.7 Å². The first-order valence-corrected chi connectivity index (χ1v) is 11.4. The van der Waals surface area contributed by atoms with Crippen LogP contribution in [0.1, 0.15) is 40.9 Å². The van der Waals surface area contributed by atoms with E-state index < -0.39 is 6.10 Å². The molecule has 1 saturated carbocycles. The van der Waals surface area contributed by atoms with Gasteiger partial charge in [-0.3, -0.25) is 4.79 Å².